The quantitative estimate of drug-likeness (QED) is 0.0610. The second-order valence-electron chi connectivity index (χ2n) is 13.9. The lowest BCUT2D eigenvalue weighted by Gasteiger charge is -2.16. The topological polar surface area (TPSA) is 76.5 Å². The lowest BCUT2D eigenvalue weighted by Crippen LogP contribution is -2.13. The Hall–Kier alpha value is -3.19. The highest BCUT2D eigenvalue weighted by atomic mass is 35.5. The molecule has 2 N–H and O–H groups in total. The van der Waals surface area contributed by atoms with E-state index >= 15 is 0 Å². The van der Waals surface area contributed by atoms with E-state index in [4.69, 9.17) is 21.1 Å². The van der Waals surface area contributed by atoms with E-state index in [1.807, 2.05) is 48.5 Å². The van der Waals surface area contributed by atoms with Gasteiger partial charge < -0.3 is 14.8 Å². The number of hydrogen-bond donors (Lipinski definition) is 2. The summed E-state index contributed by atoms with van der Waals surface area (Å²) in [5.74, 6) is 2.16. The predicted molar refractivity (Wildman–Crippen MR) is 197 cm³/mol. The number of nitrogens with zero attached hydrogens (tertiary/aromatic N) is 3. The van der Waals surface area contributed by atoms with Gasteiger partial charge in [0.25, 0.3) is 0 Å². The smallest absolute Gasteiger partial charge is 0.194 e. The lowest BCUT2D eigenvalue weighted by molar-refractivity contribution is 0.272. The van der Waals surface area contributed by atoms with Gasteiger partial charge in [0.15, 0.2) is 29.7 Å². The van der Waals surface area contributed by atoms with Gasteiger partial charge in [-0.3, -0.25) is 5.10 Å². The summed E-state index contributed by atoms with van der Waals surface area (Å²) in [4.78, 5) is 4.66. The van der Waals surface area contributed by atoms with Crippen molar-refractivity contribution in [1.29, 1.82) is 0 Å². The third-order valence-electron chi connectivity index (χ3n) is 8.74. The number of unbranched alkanes of at least 4 members (excludes halogenated alkanes) is 15. The highest BCUT2D eigenvalue weighted by Crippen LogP contribution is 2.32. The van der Waals surface area contributed by atoms with Gasteiger partial charge in [-0.15, -0.1) is 5.10 Å². The van der Waals surface area contributed by atoms with E-state index in [1.165, 1.54) is 96.3 Å². The number of fused-ring (bicyclic) bond motifs is 1. The van der Waals surface area contributed by atoms with E-state index in [0.29, 0.717) is 29.8 Å². The SMILES string of the molecule is CCCCCCCCCCCCCCCCCCOc1ccccc1OCNc1ccc(-c2nc3c(Cl)c(C(C)(C)C)[nH]n3n2)cc1. The van der Waals surface area contributed by atoms with Crippen molar-refractivity contribution in [2.24, 2.45) is 0 Å². The number of para-hydroxylation sites is 2. The van der Waals surface area contributed by atoms with Crippen LogP contribution in [0.25, 0.3) is 17.0 Å². The number of anilines is 1. The third kappa shape index (κ3) is 12.1. The number of hydrogen-bond acceptors (Lipinski definition) is 5. The Bertz CT molecular complexity index is 1440. The first-order valence-electron chi connectivity index (χ1n) is 18.2. The Morgan fingerprint density at radius 2 is 1.26 bits per heavy atom. The van der Waals surface area contributed by atoms with Crippen LogP contribution in [0.5, 0.6) is 11.5 Å². The van der Waals surface area contributed by atoms with E-state index in [9.17, 15) is 0 Å². The summed E-state index contributed by atoms with van der Waals surface area (Å²) in [5.41, 5.74) is 3.30. The molecule has 0 saturated carbocycles. The van der Waals surface area contributed by atoms with Gasteiger partial charge in [0.1, 0.15) is 5.02 Å². The molecule has 0 aliphatic rings. The number of halogens is 1. The van der Waals surface area contributed by atoms with Gasteiger partial charge in [0.2, 0.25) is 0 Å². The summed E-state index contributed by atoms with van der Waals surface area (Å²) in [7, 11) is 0. The van der Waals surface area contributed by atoms with Crippen molar-refractivity contribution in [2.75, 3.05) is 18.7 Å². The Kier molecular flexibility index (Phi) is 15.3. The van der Waals surface area contributed by atoms with Crippen molar-refractivity contribution in [2.45, 2.75) is 136 Å². The fourth-order valence-corrected chi connectivity index (χ4v) is 6.32. The van der Waals surface area contributed by atoms with Crippen LogP contribution in [0.2, 0.25) is 5.02 Å². The van der Waals surface area contributed by atoms with E-state index in [0.717, 1.165) is 34.9 Å². The van der Waals surface area contributed by atoms with Crippen molar-refractivity contribution < 1.29 is 9.47 Å². The maximum absolute atomic E-state index is 6.59. The molecule has 7 nitrogen and oxygen atoms in total. The van der Waals surface area contributed by atoms with Crippen LogP contribution in [-0.4, -0.2) is 33.1 Å². The zero-order valence-corrected chi connectivity index (χ0v) is 30.1. The van der Waals surface area contributed by atoms with Crippen molar-refractivity contribution in [1.82, 2.24) is 19.8 Å². The Morgan fingerprint density at radius 3 is 1.79 bits per heavy atom. The molecule has 0 bridgehead atoms. The van der Waals surface area contributed by atoms with Crippen LogP contribution < -0.4 is 14.8 Å². The molecule has 0 aliphatic carbocycles. The van der Waals surface area contributed by atoms with Gasteiger partial charge in [-0.25, -0.2) is 4.98 Å². The van der Waals surface area contributed by atoms with Crippen molar-refractivity contribution >= 4 is 22.9 Å². The summed E-state index contributed by atoms with van der Waals surface area (Å²) in [5, 5.41) is 11.8. The number of rotatable bonds is 23. The molecule has 0 aliphatic heterocycles. The summed E-state index contributed by atoms with van der Waals surface area (Å²) in [6.45, 7) is 9.65. The zero-order valence-electron chi connectivity index (χ0n) is 29.4. The summed E-state index contributed by atoms with van der Waals surface area (Å²) < 4.78 is 13.8. The van der Waals surface area contributed by atoms with Crippen LogP contribution in [0.4, 0.5) is 5.69 Å². The predicted octanol–water partition coefficient (Wildman–Crippen LogP) is 11.8. The number of aromatic nitrogens is 4. The second-order valence-corrected chi connectivity index (χ2v) is 14.2. The lowest BCUT2D eigenvalue weighted by atomic mass is 9.92. The van der Waals surface area contributed by atoms with Gasteiger partial charge in [-0.1, -0.05) is 148 Å². The van der Waals surface area contributed by atoms with Crippen LogP contribution in [0, 0.1) is 0 Å². The molecule has 8 heteroatoms. The van der Waals surface area contributed by atoms with Crippen molar-refractivity contribution in [3.63, 3.8) is 0 Å². The number of aromatic amines is 1. The second kappa shape index (κ2) is 19.6. The molecule has 0 amide bonds. The molecule has 0 unspecified atom stereocenters. The summed E-state index contributed by atoms with van der Waals surface area (Å²) >= 11 is 6.59. The molecule has 258 valence electrons. The van der Waals surface area contributed by atoms with Crippen LogP contribution >= 0.6 is 11.6 Å². The standard InChI is InChI=1S/C39H58ClN5O2/c1-5-6-7-8-9-10-11-12-13-14-15-16-17-18-19-22-29-46-33-23-20-21-24-34(33)47-30-41-32-27-25-31(26-28-32)37-42-38-35(40)36(39(2,3)4)43-45(38)44-37/h20-21,23-28,41,43H,5-19,22,29-30H2,1-4H3. The molecule has 4 aromatic rings. The monoisotopic (exact) mass is 663 g/mol. The molecule has 0 atom stereocenters. The van der Waals surface area contributed by atoms with Gasteiger partial charge in [-0.2, -0.15) is 4.63 Å². The van der Waals surface area contributed by atoms with Gasteiger partial charge >= 0.3 is 0 Å². The van der Waals surface area contributed by atoms with E-state index in [1.54, 1.807) is 4.63 Å². The maximum Gasteiger partial charge on any atom is 0.194 e. The van der Waals surface area contributed by atoms with Crippen LogP contribution in [-0.2, 0) is 5.41 Å². The zero-order chi connectivity index (χ0) is 33.3. The minimum atomic E-state index is -0.118. The van der Waals surface area contributed by atoms with Crippen molar-refractivity contribution in [3.8, 4) is 22.9 Å². The molecule has 2 heterocycles. The molecule has 2 aromatic carbocycles. The fourth-order valence-electron chi connectivity index (χ4n) is 5.87. The minimum absolute atomic E-state index is 0.118. The fraction of sp³-hybridized carbons (Fsp3) is 0.590. The van der Waals surface area contributed by atoms with Crippen LogP contribution in [0.1, 0.15) is 136 Å². The highest BCUT2D eigenvalue weighted by molar-refractivity contribution is 6.34. The molecule has 0 radical (unpaired) electrons. The molecule has 4 rings (SSSR count). The van der Waals surface area contributed by atoms with E-state index < -0.39 is 0 Å². The van der Waals surface area contributed by atoms with Crippen LogP contribution in [0.3, 0.4) is 0 Å². The van der Waals surface area contributed by atoms with Crippen molar-refractivity contribution in [3.05, 3.63) is 59.2 Å². The average molecular weight is 664 g/mol. The van der Waals surface area contributed by atoms with Gasteiger partial charge in [0, 0.05) is 16.7 Å². The first-order valence-corrected chi connectivity index (χ1v) is 18.6. The molecule has 0 fully saturated rings. The first kappa shape index (κ1) is 36.6. The Morgan fingerprint density at radius 1 is 0.723 bits per heavy atom. The number of ether oxygens (including phenoxy) is 2. The minimum Gasteiger partial charge on any atom is -0.490 e. The van der Waals surface area contributed by atoms with E-state index in [-0.39, 0.29) is 5.41 Å². The highest BCUT2D eigenvalue weighted by Gasteiger charge is 2.24. The van der Waals surface area contributed by atoms with E-state index in [2.05, 4.69) is 48.2 Å². The molecule has 0 spiro atoms. The summed E-state index contributed by atoms with van der Waals surface area (Å²) in [6, 6.07) is 15.9. The normalized spacial score (nSPS) is 11.8. The molecular formula is C39H58ClN5O2. The average Bonchev–Trinajstić information content (AvgIpc) is 3.63. The molecular weight excluding hydrogens is 606 g/mol. The number of nitrogens with one attached hydrogen (secondary N) is 2. The largest absolute Gasteiger partial charge is 0.490 e. The number of H-pyrrole nitrogens is 1. The third-order valence-corrected chi connectivity index (χ3v) is 9.10. The van der Waals surface area contributed by atoms with Gasteiger partial charge in [0.05, 0.1) is 12.3 Å². The number of benzene rings is 2. The first-order chi connectivity index (χ1) is 22.9. The molecule has 2 aromatic heterocycles. The van der Waals surface area contributed by atoms with Crippen LogP contribution in [0.15, 0.2) is 48.5 Å². The summed E-state index contributed by atoms with van der Waals surface area (Å²) in [6.07, 6.45) is 21.9. The molecule has 47 heavy (non-hydrogen) atoms. The Labute approximate surface area is 288 Å². The maximum atomic E-state index is 6.59. The van der Waals surface area contributed by atoms with Gasteiger partial charge in [-0.05, 0) is 42.8 Å². The molecule has 0 saturated heterocycles. The Balaban J connectivity index is 1.07.